The Morgan fingerprint density at radius 3 is 2.57 bits per heavy atom. The Balaban J connectivity index is 1.81. The van der Waals surface area contributed by atoms with Gasteiger partial charge in [-0.15, -0.1) is 0 Å². The minimum absolute atomic E-state index is 0.346. The Labute approximate surface area is 127 Å². The number of hydrogen-bond acceptors (Lipinski definition) is 8. The molecule has 0 radical (unpaired) electrons. The van der Waals surface area contributed by atoms with E-state index in [1.165, 1.54) is 23.9 Å². The molecule has 0 unspecified atom stereocenters. The first-order valence-corrected chi connectivity index (χ1v) is 8.11. The Hall–Kier alpha value is -1.90. The van der Waals surface area contributed by atoms with E-state index < -0.39 is 0 Å². The minimum Gasteiger partial charge on any atom is -0.354 e. The summed E-state index contributed by atoms with van der Waals surface area (Å²) < 4.78 is 1.87. The van der Waals surface area contributed by atoms with Crippen LogP contribution in [-0.4, -0.2) is 53.8 Å². The number of rotatable bonds is 7. The molecule has 21 heavy (non-hydrogen) atoms. The van der Waals surface area contributed by atoms with Crippen molar-refractivity contribution in [1.82, 2.24) is 29.7 Å². The van der Waals surface area contributed by atoms with E-state index in [0.29, 0.717) is 22.6 Å². The lowest BCUT2D eigenvalue weighted by Gasteiger charge is -2.14. The summed E-state index contributed by atoms with van der Waals surface area (Å²) in [6.45, 7) is 3.61. The second-order valence-electron chi connectivity index (χ2n) is 4.89. The van der Waals surface area contributed by atoms with Crippen molar-refractivity contribution in [2.45, 2.75) is 24.5 Å². The van der Waals surface area contributed by atoms with E-state index in [4.69, 9.17) is 0 Å². The Bertz CT molecular complexity index is 595. The Morgan fingerprint density at radius 1 is 1.24 bits per heavy atom. The zero-order valence-corrected chi connectivity index (χ0v) is 12.9. The van der Waals surface area contributed by atoms with Crippen molar-refractivity contribution in [2.24, 2.45) is 0 Å². The third-order valence-corrected chi connectivity index (χ3v) is 4.81. The summed E-state index contributed by atoms with van der Waals surface area (Å²) in [5.41, 5.74) is 0. The molecule has 112 valence electrons. The maximum atomic E-state index is 4.40. The smallest absolute Gasteiger partial charge is 0.258 e. The fraction of sp³-hybridized carbons (Fsp3) is 0.583. The van der Waals surface area contributed by atoms with Crippen LogP contribution in [-0.2, 0) is 0 Å². The molecule has 9 heteroatoms. The summed E-state index contributed by atoms with van der Waals surface area (Å²) in [7, 11) is 0. The first kappa shape index (κ1) is 14.1. The summed E-state index contributed by atoms with van der Waals surface area (Å²) in [5, 5.41) is 10.5. The van der Waals surface area contributed by atoms with Crippen molar-refractivity contribution in [3.63, 3.8) is 0 Å². The maximum Gasteiger partial charge on any atom is 0.258 e. The van der Waals surface area contributed by atoms with Gasteiger partial charge in [0.25, 0.3) is 5.95 Å². The van der Waals surface area contributed by atoms with E-state index in [0.717, 1.165) is 13.1 Å². The molecular formula is C12H18N8S. The van der Waals surface area contributed by atoms with E-state index >= 15 is 0 Å². The van der Waals surface area contributed by atoms with Crippen LogP contribution in [0.15, 0.2) is 12.7 Å². The minimum atomic E-state index is 0.346. The van der Waals surface area contributed by atoms with Crippen LogP contribution in [0.2, 0.25) is 0 Å². The number of nitrogens with one attached hydrogen (secondary N) is 2. The zero-order valence-electron chi connectivity index (χ0n) is 12.1. The molecule has 8 nitrogen and oxygen atoms in total. The molecule has 0 bridgehead atoms. The van der Waals surface area contributed by atoms with E-state index in [2.05, 4.69) is 41.9 Å². The van der Waals surface area contributed by atoms with Gasteiger partial charge in [0, 0.05) is 17.8 Å². The molecule has 2 heterocycles. The van der Waals surface area contributed by atoms with Gasteiger partial charge in [-0.2, -0.15) is 36.5 Å². The van der Waals surface area contributed by atoms with Crippen molar-refractivity contribution in [2.75, 3.05) is 30.0 Å². The molecule has 3 rings (SSSR count). The molecule has 1 saturated carbocycles. The molecule has 2 N–H and O–H groups in total. The zero-order chi connectivity index (χ0) is 14.7. The lowest BCUT2D eigenvalue weighted by atomic mass is 10.4. The molecule has 1 aliphatic carbocycles. The number of thioether (sulfide) groups is 1. The van der Waals surface area contributed by atoms with Gasteiger partial charge in [-0.3, -0.25) is 0 Å². The highest BCUT2D eigenvalue weighted by molar-refractivity contribution is 8.00. The molecule has 0 amide bonds. The normalized spacial score (nSPS) is 15.7. The van der Waals surface area contributed by atoms with E-state index in [-0.39, 0.29) is 0 Å². The van der Waals surface area contributed by atoms with Gasteiger partial charge in [0.05, 0.1) is 0 Å². The molecular weight excluding hydrogens is 288 g/mol. The number of aromatic nitrogens is 6. The van der Waals surface area contributed by atoms with Gasteiger partial charge in [0.1, 0.15) is 12.7 Å². The predicted molar refractivity (Wildman–Crippen MR) is 82.9 cm³/mol. The van der Waals surface area contributed by atoms with Crippen LogP contribution < -0.4 is 10.6 Å². The van der Waals surface area contributed by atoms with Gasteiger partial charge in [0.15, 0.2) is 0 Å². The average Bonchev–Trinajstić information content (AvgIpc) is 3.07. The van der Waals surface area contributed by atoms with Crippen LogP contribution in [0.1, 0.15) is 19.8 Å². The monoisotopic (exact) mass is 306 g/mol. The number of anilines is 2. The first-order chi connectivity index (χ1) is 10.2. The van der Waals surface area contributed by atoms with Crippen LogP contribution in [0, 0.1) is 0 Å². The van der Waals surface area contributed by atoms with Crippen molar-refractivity contribution in [3.8, 4) is 5.95 Å². The summed E-state index contributed by atoms with van der Waals surface area (Å²) >= 11 is 1.90. The standard InChI is InChI=1S/C12H18N8S/c1-3-14-9-17-10(15-6-12(21-2)4-5-12)19-11(18-9)20-8-13-7-16-20/h7-8H,3-6H2,1-2H3,(H2,14,15,17,18,19). The van der Waals surface area contributed by atoms with E-state index in [1.807, 2.05) is 18.7 Å². The summed E-state index contributed by atoms with van der Waals surface area (Å²) in [6.07, 6.45) is 7.65. The van der Waals surface area contributed by atoms with Crippen molar-refractivity contribution in [1.29, 1.82) is 0 Å². The average molecular weight is 306 g/mol. The third-order valence-electron chi connectivity index (χ3n) is 3.39. The Morgan fingerprint density at radius 2 is 2.00 bits per heavy atom. The molecule has 1 fully saturated rings. The van der Waals surface area contributed by atoms with Gasteiger partial charge in [-0.25, -0.2) is 4.98 Å². The van der Waals surface area contributed by atoms with Crippen LogP contribution in [0.5, 0.6) is 0 Å². The van der Waals surface area contributed by atoms with Crippen molar-refractivity contribution >= 4 is 23.7 Å². The van der Waals surface area contributed by atoms with Crippen molar-refractivity contribution < 1.29 is 0 Å². The summed E-state index contributed by atoms with van der Waals surface area (Å²) in [4.78, 5) is 17.0. The lowest BCUT2D eigenvalue weighted by molar-refractivity contribution is 0.791. The van der Waals surface area contributed by atoms with Crippen LogP contribution in [0.25, 0.3) is 5.95 Å². The van der Waals surface area contributed by atoms with Crippen LogP contribution >= 0.6 is 11.8 Å². The quantitative estimate of drug-likeness (QED) is 0.788. The van der Waals surface area contributed by atoms with Gasteiger partial charge in [-0.05, 0) is 26.0 Å². The predicted octanol–water partition coefficient (Wildman–Crippen LogP) is 1.19. The molecule has 1 aliphatic rings. The number of nitrogens with zero attached hydrogens (tertiary/aromatic N) is 6. The maximum absolute atomic E-state index is 4.40. The van der Waals surface area contributed by atoms with Gasteiger partial charge >= 0.3 is 0 Å². The molecule has 0 atom stereocenters. The van der Waals surface area contributed by atoms with E-state index in [1.54, 1.807) is 6.33 Å². The van der Waals surface area contributed by atoms with Crippen LogP contribution in [0.3, 0.4) is 0 Å². The first-order valence-electron chi connectivity index (χ1n) is 6.89. The summed E-state index contributed by atoms with van der Waals surface area (Å²) in [5.74, 6) is 1.55. The fourth-order valence-electron chi connectivity index (χ4n) is 1.93. The van der Waals surface area contributed by atoms with E-state index in [9.17, 15) is 0 Å². The Kier molecular flexibility index (Phi) is 3.91. The highest BCUT2D eigenvalue weighted by atomic mass is 32.2. The summed E-state index contributed by atoms with van der Waals surface area (Å²) in [6, 6.07) is 0. The number of hydrogen-bond donors (Lipinski definition) is 2. The third kappa shape index (κ3) is 3.23. The largest absolute Gasteiger partial charge is 0.354 e. The molecule has 2 aromatic heterocycles. The van der Waals surface area contributed by atoms with Gasteiger partial charge in [-0.1, -0.05) is 0 Å². The SMILES string of the molecule is CCNc1nc(NCC2(SC)CC2)nc(-n2cncn2)n1. The molecule has 0 aromatic carbocycles. The molecule has 2 aromatic rings. The molecule has 0 spiro atoms. The lowest BCUT2D eigenvalue weighted by Crippen LogP contribution is -2.20. The van der Waals surface area contributed by atoms with Gasteiger partial charge < -0.3 is 10.6 Å². The highest BCUT2D eigenvalue weighted by Gasteiger charge is 2.41. The van der Waals surface area contributed by atoms with Crippen LogP contribution in [0.4, 0.5) is 11.9 Å². The van der Waals surface area contributed by atoms with Gasteiger partial charge in [0.2, 0.25) is 11.9 Å². The second-order valence-corrected chi connectivity index (χ2v) is 6.17. The molecule has 0 aliphatic heterocycles. The second kappa shape index (κ2) is 5.84. The topological polar surface area (TPSA) is 93.4 Å². The highest BCUT2D eigenvalue weighted by Crippen LogP contribution is 2.46. The molecule has 0 saturated heterocycles. The fourth-order valence-corrected chi connectivity index (χ4v) is 2.65. The van der Waals surface area contributed by atoms with Crippen molar-refractivity contribution in [3.05, 3.63) is 12.7 Å².